The van der Waals surface area contributed by atoms with E-state index in [1.54, 1.807) is 0 Å². The van der Waals surface area contributed by atoms with Crippen LogP contribution in [-0.2, 0) is 28.6 Å². The number of esters is 2. The summed E-state index contributed by atoms with van der Waals surface area (Å²) in [7, 11) is 5.55. The van der Waals surface area contributed by atoms with Crippen LogP contribution in [0.4, 0.5) is 0 Å². The number of quaternary nitrogens is 1. The molecule has 0 aliphatic heterocycles. The van der Waals surface area contributed by atoms with Gasteiger partial charge in [-0.15, -0.1) is 0 Å². The van der Waals surface area contributed by atoms with Gasteiger partial charge in [0.15, 0.2) is 12.1 Å². The van der Waals surface area contributed by atoms with Gasteiger partial charge >= 0.3 is 17.9 Å². The molecule has 0 aromatic carbocycles. The molecule has 2 unspecified atom stereocenters. The molecule has 0 aliphatic carbocycles. The second kappa shape index (κ2) is 47.6. The highest BCUT2D eigenvalue weighted by Gasteiger charge is 2.31. The van der Waals surface area contributed by atoms with Gasteiger partial charge < -0.3 is 23.8 Å². The summed E-state index contributed by atoms with van der Waals surface area (Å²) in [6, 6.07) is -0.612. The third-order valence-corrected chi connectivity index (χ3v) is 12.9. The molecule has 64 heavy (non-hydrogen) atoms. The van der Waals surface area contributed by atoms with Crippen LogP contribution in [-0.4, -0.2) is 80.6 Å². The zero-order valence-electron chi connectivity index (χ0n) is 43.3. The Balaban J connectivity index is 4.16. The van der Waals surface area contributed by atoms with Crippen LogP contribution >= 0.6 is 0 Å². The highest BCUT2D eigenvalue weighted by Crippen LogP contribution is 2.17. The fourth-order valence-corrected chi connectivity index (χ4v) is 8.62. The standard InChI is InChI=1S/C56H107NO7/c1-6-8-10-12-14-16-18-20-22-24-26-27-28-29-31-33-35-37-39-41-43-45-47-55(59)64-52(50-62-49-48-53(56(60)61)57(3,4)5)51-63-54(58)46-44-42-40-38-36-34-32-30-25-23-21-19-17-15-13-11-9-7-2/h30,32,52-53H,6-29,31,33-51H2,1-5H3/p+1/b32-30+. The van der Waals surface area contributed by atoms with Gasteiger partial charge in [-0.1, -0.05) is 231 Å². The monoisotopic (exact) mass is 907 g/mol. The van der Waals surface area contributed by atoms with E-state index in [9.17, 15) is 19.5 Å². The predicted molar refractivity (Wildman–Crippen MR) is 271 cm³/mol. The molecule has 0 aliphatic rings. The first-order chi connectivity index (χ1) is 31.1. The average molecular weight is 907 g/mol. The van der Waals surface area contributed by atoms with Gasteiger partial charge in [0, 0.05) is 19.3 Å². The topological polar surface area (TPSA) is 99.1 Å². The molecule has 378 valence electrons. The summed E-state index contributed by atoms with van der Waals surface area (Å²) in [6.45, 7) is 4.79. The van der Waals surface area contributed by atoms with E-state index in [0.29, 0.717) is 19.3 Å². The van der Waals surface area contributed by atoms with E-state index < -0.39 is 18.1 Å². The van der Waals surface area contributed by atoms with Gasteiger partial charge in [-0.3, -0.25) is 9.59 Å². The molecule has 0 heterocycles. The van der Waals surface area contributed by atoms with Crippen LogP contribution in [0.1, 0.15) is 277 Å². The molecule has 2 atom stereocenters. The highest BCUT2D eigenvalue weighted by molar-refractivity contribution is 5.72. The number of hydrogen-bond donors (Lipinski definition) is 1. The van der Waals surface area contributed by atoms with E-state index >= 15 is 0 Å². The van der Waals surface area contributed by atoms with Crippen molar-refractivity contribution >= 4 is 17.9 Å². The number of aliphatic carboxylic acids is 1. The molecular formula is C56H108NO7+. The van der Waals surface area contributed by atoms with Gasteiger partial charge in [-0.2, -0.15) is 0 Å². The van der Waals surface area contributed by atoms with Crippen molar-refractivity contribution in [2.24, 2.45) is 0 Å². The maximum Gasteiger partial charge on any atom is 0.362 e. The first-order valence-corrected chi connectivity index (χ1v) is 27.7. The number of carboxylic acids is 1. The van der Waals surface area contributed by atoms with Crippen LogP contribution in [0, 0.1) is 0 Å². The Morgan fingerprint density at radius 3 is 1.12 bits per heavy atom. The van der Waals surface area contributed by atoms with Gasteiger partial charge in [-0.05, 0) is 38.5 Å². The maximum absolute atomic E-state index is 12.8. The van der Waals surface area contributed by atoms with Crippen molar-refractivity contribution in [1.82, 2.24) is 0 Å². The van der Waals surface area contributed by atoms with E-state index in [-0.39, 0.29) is 36.2 Å². The van der Waals surface area contributed by atoms with Gasteiger partial charge in [0.25, 0.3) is 0 Å². The summed E-state index contributed by atoms with van der Waals surface area (Å²) < 4.78 is 17.4. The quantitative estimate of drug-likeness (QED) is 0.0281. The maximum atomic E-state index is 12.8. The predicted octanol–water partition coefficient (Wildman–Crippen LogP) is 16.2. The normalized spacial score (nSPS) is 12.8. The van der Waals surface area contributed by atoms with Crippen molar-refractivity contribution in [1.29, 1.82) is 0 Å². The van der Waals surface area contributed by atoms with E-state index in [1.165, 1.54) is 199 Å². The van der Waals surface area contributed by atoms with E-state index in [2.05, 4.69) is 26.0 Å². The lowest BCUT2D eigenvalue weighted by Gasteiger charge is -2.31. The number of rotatable bonds is 51. The summed E-state index contributed by atoms with van der Waals surface area (Å²) >= 11 is 0. The number of carboxylic acid groups (broad SMARTS) is 1. The SMILES string of the molecule is CCCCCCCCCCC/C=C/CCCCCCCC(=O)OCC(COCCC(C(=O)O)[N+](C)(C)C)OC(=O)CCCCCCCCCCCCCCCCCCCCCCCC. The van der Waals surface area contributed by atoms with Crippen LogP contribution in [0.3, 0.4) is 0 Å². The fourth-order valence-electron chi connectivity index (χ4n) is 8.62. The number of likely N-dealkylation sites (N-methyl/N-ethyl adjacent to an activating group) is 1. The van der Waals surface area contributed by atoms with Crippen LogP contribution in [0.25, 0.3) is 0 Å². The average Bonchev–Trinajstić information content (AvgIpc) is 3.26. The smallest absolute Gasteiger partial charge is 0.362 e. The zero-order valence-corrected chi connectivity index (χ0v) is 43.3. The van der Waals surface area contributed by atoms with Crippen molar-refractivity contribution in [2.45, 2.75) is 289 Å². The second-order valence-corrected chi connectivity index (χ2v) is 20.2. The van der Waals surface area contributed by atoms with Gasteiger partial charge in [0.2, 0.25) is 0 Å². The van der Waals surface area contributed by atoms with Crippen molar-refractivity contribution in [3.05, 3.63) is 12.2 Å². The number of hydrogen-bond acceptors (Lipinski definition) is 6. The van der Waals surface area contributed by atoms with Crippen molar-refractivity contribution in [3.8, 4) is 0 Å². The summed E-state index contributed by atoms with van der Waals surface area (Å²) in [6.07, 6.45) is 54.1. The lowest BCUT2D eigenvalue weighted by molar-refractivity contribution is -0.887. The minimum Gasteiger partial charge on any atom is -0.477 e. The number of carbonyl (C=O) groups excluding carboxylic acids is 2. The molecule has 8 nitrogen and oxygen atoms in total. The van der Waals surface area contributed by atoms with Crippen molar-refractivity contribution in [2.75, 3.05) is 41.0 Å². The Kier molecular flexibility index (Phi) is 46.1. The van der Waals surface area contributed by atoms with Crippen LogP contribution in [0.5, 0.6) is 0 Å². The van der Waals surface area contributed by atoms with Crippen molar-refractivity contribution in [3.63, 3.8) is 0 Å². The van der Waals surface area contributed by atoms with Gasteiger partial charge in [-0.25, -0.2) is 4.79 Å². The van der Waals surface area contributed by atoms with E-state index in [1.807, 2.05) is 21.1 Å². The Hall–Kier alpha value is -1.93. The molecule has 0 saturated carbocycles. The molecular weight excluding hydrogens is 799 g/mol. The molecule has 0 rings (SSSR count). The highest BCUT2D eigenvalue weighted by atomic mass is 16.6. The first-order valence-electron chi connectivity index (χ1n) is 27.7. The third-order valence-electron chi connectivity index (χ3n) is 12.9. The molecule has 8 heteroatoms. The van der Waals surface area contributed by atoms with E-state index in [4.69, 9.17) is 14.2 Å². The minimum atomic E-state index is -0.871. The fraction of sp³-hybridized carbons (Fsp3) is 0.911. The van der Waals surface area contributed by atoms with Gasteiger partial charge in [0.1, 0.15) is 6.61 Å². The Morgan fingerprint density at radius 2 is 0.781 bits per heavy atom. The Morgan fingerprint density at radius 1 is 0.453 bits per heavy atom. The third kappa shape index (κ3) is 45.2. The van der Waals surface area contributed by atoms with Crippen molar-refractivity contribution < 1.29 is 38.2 Å². The number of nitrogens with zero attached hydrogens (tertiary/aromatic N) is 1. The Bertz CT molecular complexity index is 1060. The first kappa shape index (κ1) is 62.1. The molecule has 0 amide bonds. The molecule has 0 aromatic rings. The molecule has 0 bridgehead atoms. The molecule has 0 saturated heterocycles. The summed E-state index contributed by atoms with van der Waals surface area (Å²) in [4.78, 5) is 37.2. The zero-order chi connectivity index (χ0) is 47.0. The van der Waals surface area contributed by atoms with Crippen LogP contribution in [0.2, 0.25) is 0 Å². The lowest BCUT2D eigenvalue weighted by Crippen LogP contribution is -2.50. The second-order valence-electron chi connectivity index (χ2n) is 20.2. The van der Waals surface area contributed by atoms with E-state index in [0.717, 1.165) is 44.9 Å². The minimum absolute atomic E-state index is 0.0486. The molecule has 1 N–H and O–H groups in total. The number of unbranched alkanes of at least 4 members (excludes halogenated alkanes) is 35. The summed E-state index contributed by atoms with van der Waals surface area (Å²) in [5.74, 6) is -1.45. The molecule has 0 aromatic heterocycles. The molecule has 0 radical (unpaired) electrons. The molecule has 0 fully saturated rings. The van der Waals surface area contributed by atoms with Crippen LogP contribution in [0.15, 0.2) is 12.2 Å². The number of ether oxygens (including phenoxy) is 3. The largest absolute Gasteiger partial charge is 0.477 e. The number of allylic oxidation sites excluding steroid dienone is 2. The summed E-state index contributed by atoms with van der Waals surface area (Å²) in [5, 5.41) is 9.67. The number of carbonyl (C=O) groups is 3. The Labute approximate surface area is 397 Å². The molecule has 0 spiro atoms. The lowest BCUT2D eigenvalue weighted by atomic mass is 10.0. The van der Waals surface area contributed by atoms with Gasteiger partial charge in [0.05, 0.1) is 34.4 Å². The van der Waals surface area contributed by atoms with Crippen LogP contribution < -0.4 is 0 Å². The summed E-state index contributed by atoms with van der Waals surface area (Å²) in [5.41, 5.74) is 0.